The Bertz CT molecular complexity index is 801. The number of aryl methyl sites for hydroxylation is 1. The predicted molar refractivity (Wildman–Crippen MR) is 103 cm³/mol. The molecule has 0 saturated heterocycles. The Morgan fingerprint density at radius 3 is 2.24 bits per heavy atom. The highest BCUT2D eigenvalue weighted by molar-refractivity contribution is 5.77. The number of nitrogens with one attached hydrogen (secondary N) is 1. The van der Waals surface area contributed by atoms with Crippen LogP contribution in [0.5, 0.6) is 0 Å². The van der Waals surface area contributed by atoms with Gasteiger partial charge in [0.1, 0.15) is 0 Å². The molecule has 0 aliphatic heterocycles. The summed E-state index contributed by atoms with van der Waals surface area (Å²) >= 11 is 0. The van der Waals surface area contributed by atoms with E-state index in [4.69, 9.17) is 0 Å². The topological polar surface area (TPSA) is 70.4 Å². The molecule has 1 aromatic heterocycles. The predicted octanol–water partition coefficient (Wildman–Crippen LogP) is 2.72. The van der Waals surface area contributed by atoms with Crippen molar-refractivity contribution < 1.29 is 23.1 Å². The standard InChI is InChI=1S/C20H27F3N4O2/c1-4-27(5-2)14-16-8-6-15(7-9-16)13-25-17(28)12-19(29,20(21,22)23)18-24-10-11-26(18)3/h6-11,29H,4-5,12-14H2,1-3H3,(H,25,28). The van der Waals surface area contributed by atoms with Gasteiger partial charge in [0.05, 0.1) is 6.42 Å². The van der Waals surface area contributed by atoms with Crippen LogP contribution in [0.3, 0.4) is 0 Å². The Morgan fingerprint density at radius 2 is 1.76 bits per heavy atom. The lowest BCUT2D eigenvalue weighted by Crippen LogP contribution is -2.47. The number of benzene rings is 1. The van der Waals surface area contributed by atoms with E-state index >= 15 is 0 Å². The van der Waals surface area contributed by atoms with Gasteiger partial charge in [0.2, 0.25) is 11.5 Å². The number of nitrogens with zero attached hydrogens (tertiary/aromatic N) is 3. The number of amides is 1. The average molecular weight is 412 g/mol. The van der Waals surface area contributed by atoms with E-state index in [-0.39, 0.29) is 6.54 Å². The van der Waals surface area contributed by atoms with E-state index < -0.39 is 29.9 Å². The summed E-state index contributed by atoms with van der Waals surface area (Å²) in [6.07, 6.45) is -3.79. The highest BCUT2D eigenvalue weighted by atomic mass is 19.4. The Balaban J connectivity index is 2.00. The molecule has 2 N–H and O–H groups in total. The molecule has 160 valence electrons. The van der Waals surface area contributed by atoms with Crippen LogP contribution in [0.4, 0.5) is 13.2 Å². The van der Waals surface area contributed by atoms with Gasteiger partial charge in [-0.1, -0.05) is 38.1 Å². The molecule has 1 heterocycles. The number of alkyl halides is 3. The van der Waals surface area contributed by atoms with Gasteiger partial charge in [-0.3, -0.25) is 9.69 Å². The molecule has 0 saturated carbocycles. The van der Waals surface area contributed by atoms with Gasteiger partial charge in [0.15, 0.2) is 5.82 Å². The Hall–Kier alpha value is -2.39. The first-order valence-electron chi connectivity index (χ1n) is 9.44. The molecule has 29 heavy (non-hydrogen) atoms. The monoisotopic (exact) mass is 412 g/mol. The van der Waals surface area contributed by atoms with Gasteiger partial charge < -0.3 is 15.0 Å². The smallest absolute Gasteiger partial charge is 0.374 e. The lowest BCUT2D eigenvalue weighted by Gasteiger charge is -2.29. The number of imidazole rings is 1. The second kappa shape index (κ2) is 9.41. The number of carbonyl (C=O) groups excluding carboxylic acids is 1. The van der Waals surface area contributed by atoms with Gasteiger partial charge in [0, 0.05) is 32.5 Å². The van der Waals surface area contributed by atoms with Crippen molar-refractivity contribution in [2.45, 2.75) is 45.1 Å². The molecule has 1 aromatic carbocycles. The number of hydrogen-bond donors (Lipinski definition) is 2. The minimum Gasteiger partial charge on any atom is -0.374 e. The zero-order valence-corrected chi connectivity index (χ0v) is 16.8. The van der Waals surface area contributed by atoms with Crippen LogP contribution in [0.25, 0.3) is 0 Å². The van der Waals surface area contributed by atoms with Crippen molar-refractivity contribution in [2.75, 3.05) is 13.1 Å². The van der Waals surface area contributed by atoms with E-state index in [1.54, 1.807) is 0 Å². The second-order valence-corrected chi connectivity index (χ2v) is 6.95. The normalized spacial score (nSPS) is 14.1. The molecule has 1 atom stereocenters. The third-order valence-corrected chi connectivity index (χ3v) is 4.89. The molecule has 0 aliphatic rings. The molecule has 1 amide bonds. The number of carbonyl (C=O) groups is 1. The number of aromatic nitrogens is 2. The molecule has 0 bridgehead atoms. The molecule has 0 spiro atoms. The van der Waals surface area contributed by atoms with Crippen LogP contribution < -0.4 is 5.32 Å². The Kier molecular flexibility index (Phi) is 7.43. The fourth-order valence-electron chi connectivity index (χ4n) is 3.03. The van der Waals surface area contributed by atoms with Gasteiger partial charge in [-0.05, 0) is 24.2 Å². The minimum atomic E-state index is -5.05. The fraction of sp³-hybridized carbons (Fsp3) is 0.500. The molecule has 0 radical (unpaired) electrons. The Morgan fingerprint density at radius 1 is 1.17 bits per heavy atom. The van der Waals surface area contributed by atoms with Crippen molar-refractivity contribution in [1.82, 2.24) is 19.8 Å². The zero-order chi connectivity index (χ0) is 21.7. The highest BCUT2D eigenvalue weighted by Crippen LogP contribution is 2.40. The summed E-state index contributed by atoms with van der Waals surface area (Å²) in [7, 11) is 1.33. The maximum atomic E-state index is 13.5. The first-order chi connectivity index (χ1) is 13.6. The second-order valence-electron chi connectivity index (χ2n) is 6.95. The first-order valence-corrected chi connectivity index (χ1v) is 9.44. The van der Waals surface area contributed by atoms with Crippen LogP contribution >= 0.6 is 0 Å². The number of aliphatic hydroxyl groups is 1. The van der Waals surface area contributed by atoms with E-state index in [9.17, 15) is 23.1 Å². The quantitative estimate of drug-likeness (QED) is 0.665. The van der Waals surface area contributed by atoms with E-state index in [2.05, 4.69) is 29.0 Å². The van der Waals surface area contributed by atoms with Crippen LogP contribution in [0.1, 0.15) is 37.2 Å². The van der Waals surface area contributed by atoms with Gasteiger partial charge in [-0.15, -0.1) is 0 Å². The lowest BCUT2D eigenvalue weighted by atomic mass is 9.97. The van der Waals surface area contributed by atoms with Gasteiger partial charge in [-0.25, -0.2) is 4.98 Å². The summed E-state index contributed by atoms with van der Waals surface area (Å²) in [5.74, 6) is -1.54. The van der Waals surface area contributed by atoms with Gasteiger partial charge >= 0.3 is 6.18 Å². The first kappa shape index (κ1) is 22.9. The molecule has 0 fully saturated rings. The molecule has 9 heteroatoms. The molecular formula is C20H27F3N4O2. The largest absolute Gasteiger partial charge is 0.425 e. The Labute approximate surface area is 168 Å². The van der Waals surface area contributed by atoms with Crippen molar-refractivity contribution >= 4 is 5.91 Å². The van der Waals surface area contributed by atoms with Crippen molar-refractivity contribution in [2.24, 2.45) is 7.05 Å². The van der Waals surface area contributed by atoms with Crippen LogP contribution in [-0.4, -0.2) is 44.7 Å². The summed E-state index contributed by atoms with van der Waals surface area (Å²) in [6, 6.07) is 7.52. The third kappa shape index (κ3) is 5.57. The molecule has 6 nitrogen and oxygen atoms in total. The lowest BCUT2D eigenvalue weighted by molar-refractivity contribution is -0.271. The summed E-state index contributed by atoms with van der Waals surface area (Å²) in [5.41, 5.74) is -1.48. The van der Waals surface area contributed by atoms with Crippen molar-refractivity contribution in [3.63, 3.8) is 0 Å². The van der Waals surface area contributed by atoms with Crippen molar-refractivity contribution in [1.29, 1.82) is 0 Å². The van der Waals surface area contributed by atoms with Crippen LogP contribution in [0.15, 0.2) is 36.7 Å². The van der Waals surface area contributed by atoms with Crippen LogP contribution in [0, 0.1) is 0 Å². The summed E-state index contributed by atoms with van der Waals surface area (Å²) in [6.45, 7) is 6.92. The number of hydrogen-bond acceptors (Lipinski definition) is 4. The fourth-order valence-corrected chi connectivity index (χ4v) is 3.03. The molecule has 0 aliphatic carbocycles. The number of halogens is 3. The van der Waals surface area contributed by atoms with Gasteiger partial charge in [0.25, 0.3) is 0 Å². The van der Waals surface area contributed by atoms with E-state index in [0.717, 1.165) is 41.5 Å². The zero-order valence-electron chi connectivity index (χ0n) is 16.8. The number of rotatable bonds is 9. The maximum absolute atomic E-state index is 13.5. The molecular weight excluding hydrogens is 385 g/mol. The summed E-state index contributed by atoms with van der Waals surface area (Å²) < 4.78 is 41.5. The SMILES string of the molecule is CCN(CC)Cc1ccc(CNC(=O)CC(O)(c2nccn2C)C(F)(F)F)cc1. The average Bonchev–Trinajstić information content (AvgIpc) is 3.11. The molecule has 2 rings (SSSR count). The van der Waals surface area contributed by atoms with E-state index in [1.807, 2.05) is 24.3 Å². The molecule has 1 unspecified atom stereocenters. The van der Waals surface area contributed by atoms with Crippen molar-refractivity contribution in [3.05, 3.63) is 53.6 Å². The molecule has 2 aromatic rings. The van der Waals surface area contributed by atoms with Crippen molar-refractivity contribution in [3.8, 4) is 0 Å². The van der Waals surface area contributed by atoms with E-state index in [0.29, 0.717) is 0 Å². The van der Waals surface area contributed by atoms with Crippen LogP contribution in [-0.2, 0) is 30.5 Å². The summed E-state index contributed by atoms with van der Waals surface area (Å²) in [5, 5.41) is 12.7. The third-order valence-electron chi connectivity index (χ3n) is 4.89. The minimum absolute atomic E-state index is 0.0683. The maximum Gasteiger partial charge on any atom is 0.425 e. The van der Waals surface area contributed by atoms with Crippen LogP contribution in [0.2, 0.25) is 0 Å². The van der Waals surface area contributed by atoms with Gasteiger partial charge in [-0.2, -0.15) is 13.2 Å². The summed E-state index contributed by atoms with van der Waals surface area (Å²) in [4.78, 5) is 18.0. The highest BCUT2D eigenvalue weighted by Gasteiger charge is 2.58. The van der Waals surface area contributed by atoms with E-state index in [1.165, 1.54) is 13.2 Å².